The maximum atomic E-state index is 12.8. The van der Waals surface area contributed by atoms with E-state index >= 15 is 0 Å². The van der Waals surface area contributed by atoms with Gasteiger partial charge < -0.3 is 20.4 Å². The summed E-state index contributed by atoms with van der Waals surface area (Å²) >= 11 is 0. The summed E-state index contributed by atoms with van der Waals surface area (Å²) in [6, 6.07) is 13.7. The lowest BCUT2D eigenvalue weighted by Gasteiger charge is -2.32. The zero-order chi connectivity index (χ0) is 17.9. The summed E-state index contributed by atoms with van der Waals surface area (Å²) in [4.78, 5) is 22.0. The number of nitrogens with two attached hydrogens (primary N) is 1. The molecule has 3 aromatic rings. The zero-order valence-corrected chi connectivity index (χ0v) is 14.5. The molecule has 1 fully saturated rings. The molecule has 134 valence electrons. The molecule has 3 N–H and O–H groups in total. The fraction of sp³-hybridized carbons (Fsp3) is 0.300. The number of ether oxygens (including phenoxy) is 1. The van der Waals surface area contributed by atoms with Crippen LogP contribution < -0.4 is 5.73 Å². The van der Waals surface area contributed by atoms with Crippen LogP contribution in [0.2, 0.25) is 0 Å². The number of morpholine rings is 1. The summed E-state index contributed by atoms with van der Waals surface area (Å²) in [5, 5.41) is 1.05. The van der Waals surface area contributed by atoms with Gasteiger partial charge in [-0.25, -0.2) is 4.98 Å². The van der Waals surface area contributed by atoms with Crippen LogP contribution in [0.5, 0.6) is 0 Å². The first kappa shape index (κ1) is 16.6. The highest BCUT2D eigenvalue weighted by Crippen LogP contribution is 2.19. The number of aryl methyl sites for hydroxylation is 1. The highest BCUT2D eigenvalue weighted by atomic mass is 16.5. The van der Waals surface area contributed by atoms with Gasteiger partial charge in [0.2, 0.25) is 0 Å². The second-order valence-corrected chi connectivity index (χ2v) is 6.64. The lowest BCUT2D eigenvalue weighted by molar-refractivity contribution is -0.0247. The van der Waals surface area contributed by atoms with Gasteiger partial charge in [0.1, 0.15) is 11.5 Å². The molecular formula is C20H22N4O2. The third-order valence-corrected chi connectivity index (χ3v) is 4.79. The molecule has 4 rings (SSSR count). The largest absolute Gasteiger partial charge is 0.384 e. The van der Waals surface area contributed by atoms with Crippen LogP contribution in [0.15, 0.2) is 48.7 Å². The van der Waals surface area contributed by atoms with Crippen molar-refractivity contribution in [1.29, 1.82) is 0 Å². The van der Waals surface area contributed by atoms with Gasteiger partial charge in [-0.2, -0.15) is 0 Å². The molecule has 1 aliphatic rings. The quantitative estimate of drug-likeness (QED) is 0.757. The Morgan fingerprint density at radius 2 is 2.19 bits per heavy atom. The van der Waals surface area contributed by atoms with Crippen LogP contribution in [-0.2, 0) is 11.2 Å². The van der Waals surface area contributed by atoms with Crippen molar-refractivity contribution in [2.75, 3.05) is 25.4 Å². The predicted octanol–water partition coefficient (Wildman–Crippen LogP) is 2.62. The molecule has 0 aliphatic carbocycles. The number of nitrogens with one attached hydrogen (secondary N) is 1. The number of nitrogens with zero attached hydrogens (tertiary/aromatic N) is 2. The number of aromatic amines is 1. The number of nitrogen functional groups attached to an aromatic ring is 1. The van der Waals surface area contributed by atoms with E-state index in [0.29, 0.717) is 31.2 Å². The van der Waals surface area contributed by atoms with E-state index in [1.54, 1.807) is 6.20 Å². The normalized spacial score (nSPS) is 17.5. The molecule has 26 heavy (non-hydrogen) atoms. The molecule has 3 heterocycles. The van der Waals surface area contributed by atoms with Gasteiger partial charge in [0, 0.05) is 30.2 Å². The van der Waals surface area contributed by atoms with E-state index in [4.69, 9.17) is 10.5 Å². The molecular weight excluding hydrogens is 328 g/mol. The van der Waals surface area contributed by atoms with E-state index in [1.807, 2.05) is 47.4 Å². The summed E-state index contributed by atoms with van der Waals surface area (Å²) in [7, 11) is 0. The van der Waals surface area contributed by atoms with Gasteiger partial charge in [-0.15, -0.1) is 0 Å². The van der Waals surface area contributed by atoms with Crippen molar-refractivity contribution in [3.8, 4) is 0 Å². The van der Waals surface area contributed by atoms with Gasteiger partial charge in [-0.05, 0) is 42.7 Å². The first-order valence-corrected chi connectivity index (χ1v) is 8.88. The molecule has 1 unspecified atom stereocenters. The molecule has 6 heteroatoms. The second kappa shape index (κ2) is 7.17. The number of benzene rings is 1. The molecule has 1 aliphatic heterocycles. The summed E-state index contributed by atoms with van der Waals surface area (Å²) < 4.78 is 5.85. The average molecular weight is 350 g/mol. The van der Waals surface area contributed by atoms with Crippen LogP contribution in [0.3, 0.4) is 0 Å². The smallest absolute Gasteiger partial charge is 0.270 e. The van der Waals surface area contributed by atoms with E-state index in [0.717, 1.165) is 29.3 Å². The van der Waals surface area contributed by atoms with E-state index in [2.05, 4.69) is 9.97 Å². The van der Waals surface area contributed by atoms with Crippen LogP contribution in [0.4, 0.5) is 5.82 Å². The zero-order valence-electron chi connectivity index (χ0n) is 14.5. The van der Waals surface area contributed by atoms with Gasteiger partial charge in [-0.1, -0.05) is 18.2 Å². The maximum absolute atomic E-state index is 12.8. The summed E-state index contributed by atoms with van der Waals surface area (Å²) in [5.41, 5.74) is 8.48. The van der Waals surface area contributed by atoms with E-state index in [-0.39, 0.29) is 12.0 Å². The summed E-state index contributed by atoms with van der Waals surface area (Å²) in [5.74, 6) is 0.560. The van der Waals surface area contributed by atoms with Crippen LogP contribution in [0, 0.1) is 0 Å². The lowest BCUT2D eigenvalue weighted by Crippen LogP contribution is -2.45. The SMILES string of the molecule is Nc1cc(CCC2CN(C(=O)c3cc4ccccc4[nH]3)CCO2)ccn1. The minimum absolute atomic E-state index is 0.0302. The van der Waals surface area contributed by atoms with Crippen LogP contribution in [-0.4, -0.2) is 46.6 Å². The number of hydrogen-bond donors (Lipinski definition) is 2. The van der Waals surface area contributed by atoms with Crippen molar-refractivity contribution in [1.82, 2.24) is 14.9 Å². The molecule has 1 saturated heterocycles. The Morgan fingerprint density at radius 1 is 1.31 bits per heavy atom. The van der Waals surface area contributed by atoms with E-state index < -0.39 is 0 Å². The molecule has 0 bridgehead atoms. The molecule has 0 radical (unpaired) electrons. The highest BCUT2D eigenvalue weighted by Gasteiger charge is 2.25. The Hall–Kier alpha value is -2.86. The Balaban J connectivity index is 1.40. The fourth-order valence-corrected chi connectivity index (χ4v) is 3.41. The molecule has 6 nitrogen and oxygen atoms in total. The lowest BCUT2D eigenvalue weighted by atomic mass is 10.1. The van der Waals surface area contributed by atoms with Gasteiger partial charge in [0.05, 0.1) is 12.7 Å². The van der Waals surface area contributed by atoms with E-state index in [1.165, 1.54) is 0 Å². The third kappa shape index (κ3) is 3.55. The minimum Gasteiger partial charge on any atom is -0.384 e. The van der Waals surface area contributed by atoms with Gasteiger partial charge >= 0.3 is 0 Å². The molecule has 2 aromatic heterocycles. The summed E-state index contributed by atoms with van der Waals surface area (Å²) in [6.45, 7) is 1.79. The monoisotopic (exact) mass is 350 g/mol. The number of carbonyl (C=O) groups is 1. The number of rotatable bonds is 4. The number of amides is 1. The van der Waals surface area contributed by atoms with Crippen LogP contribution in [0.1, 0.15) is 22.5 Å². The number of fused-ring (bicyclic) bond motifs is 1. The number of H-pyrrole nitrogens is 1. The number of pyridine rings is 1. The first-order valence-electron chi connectivity index (χ1n) is 8.88. The Morgan fingerprint density at radius 3 is 3.04 bits per heavy atom. The Labute approximate surface area is 152 Å². The highest BCUT2D eigenvalue weighted by molar-refractivity contribution is 5.98. The van der Waals surface area contributed by atoms with Crippen molar-refractivity contribution >= 4 is 22.6 Å². The Kier molecular flexibility index (Phi) is 4.58. The number of para-hydroxylation sites is 1. The van der Waals surface area contributed by atoms with Crippen LogP contribution >= 0.6 is 0 Å². The molecule has 0 spiro atoms. The van der Waals surface area contributed by atoms with Gasteiger partial charge in [-0.3, -0.25) is 4.79 Å². The number of hydrogen-bond acceptors (Lipinski definition) is 4. The number of carbonyl (C=O) groups excluding carboxylic acids is 1. The molecule has 1 aromatic carbocycles. The van der Waals surface area contributed by atoms with Gasteiger partial charge in [0.15, 0.2) is 0 Å². The van der Waals surface area contributed by atoms with Crippen molar-refractivity contribution < 1.29 is 9.53 Å². The molecule has 1 atom stereocenters. The minimum atomic E-state index is 0.0302. The maximum Gasteiger partial charge on any atom is 0.270 e. The fourth-order valence-electron chi connectivity index (χ4n) is 3.41. The van der Waals surface area contributed by atoms with Gasteiger partial charge in [0.25, 0.3) is 5.91 Å². The Bertz CT molecular complexity index is 888. The van der Waals surface area contributed by atoms with Crippen LogP contribution in [0.25, 0.3) is 10.9 Å². The predicted molar refractivity (Wildman–Crippen MR) is 101 cm³/mol. The topological polar surface area (TPSA) is 84.2 Å². The average Bonchev–Trinajstić information content (AvgIpc) is 3.10. The second-order valence-electron chi connectivity index (χ2n) is 6.64. The third-order valence-electron chi connectivity index (χ3n) is 4.79. The molecule has 1 amide bonds. The van der Waals surface area contributed by atoms with Crippen molar-refractivity contribution in [2.45, 2.75) is 18.9 Å². The summed E-state index contributed by atoms with van der Waals surface area (Å²) in [6.07, 6.45) is 3.45. The molecule has 0 saturated carbocycles. The van der Waals surface area contributed by atoms with Crippen molar-refractivity contribution in [3.63, 3.8) is 0 Å². The standard InChI is InChI=1S/C20H22N4O2/c21-19-11-14(7-8-22-19)5-6-16-13-24(9-10-26-16)20(25)18-12-15-3-1-2-4-17(15)23-18/h1-4,7-8,11-12,16,23H,5-6,9-10,13H2,(H2,21,22). The van der Waals surface area contributed by atoms with E-state index in [9.17, 15) is 4.79 Å². The number of anilines is 1. The van der Waals surface area contributed by atoms with Crippen molar-refractivity contribution in [2.24, 2.45) is 0 Å². The van der Waals surface area contributed by atoms with Crippen molar-refractivity contribution in [3.05, 3.63) is 59.9 Å². The first-order chi connectivity index (χ1) is 12.7. The number of aromatic nitrogens is 2.